The van der Waals surface area contributed by atoms with Crippen molar-refractivity contribution in [1.29, 1.82) is 0 Å². The Bertz CT molecular complexity index is 549. The molecule has 3 unspecified atom stereocenters. The van der Waals surface area contributed by atoms with Crippen molar-refractivity contribution < 1.29 is 9.47 Å². The van der Waals surface area contributed by atoms with Crippen LogP contribution in [0.1, 0.15) is 51.5 Å². The second kappa shape index (κ2) is 3.20. The minimum atomic E-state index is -0.110. The highest BCUT2D eigenvalue weighted by Gasteiger charge is 2.54. The number of rotatable bonds is 0. The van der Waals surface area contributed by atoms with Crippen LogP contribution in [0.5, 0.6) is 11.5 Å². The van der Waals surface area contributed by atoms with E-state index in [0.29, 0.717) is 11.8 Å². The van der Waals surface area contributed by atoms with E-state index < -0.39 is 0 Å². The van der Waals surface area contributed by atoms with E-state index >= 15 is 0 Å². The summed E-state index contributed by atoms with van der Waals surface area (Å²) in [5.74, 6) is 3.03. The topological polar surface area (TPSA) is 44.5 Å². The van der Waals surface area contributed by atoms with Crippen LogP contribution < -0.4 is 15.2 Å². The maximum atomic E-state index is 6.25. The van der Waals surface area contributed by atoms with Gasteiger partial charge in [0.05, 0.1) is 0 Å². The molecule has 1 aromatic rings. The molecule has 1 aromatic carbocycles. The lowest BCUT2D eigenvalue weighted by Gasteiger charge is -2.55. The van der Waals surface area contributed by atoms with Crippen LogP contribution in [-0.2, 0) is 0 Å². The first kappa shape index (κ1) is 11.4. The molecule has 3 heteroatoms. The highest BCUT2D eigenvalue weighted by atomic mass is 16.5. The summed E-state index contributed by atoms with van der Waals surface area (Å²) in [6.07, 6.45) is 3.39. The third-order valence-corrected chi connectivity index (χ3v) is 5.24. The summed E-state index contributed by atoms with van der Waals surface area (Å²) >= 11 is 0. The molecule has 0 spiro atoms. The minimum Gasteiger partial charge on any atom is -0.487 e. The van der Waals surface area contributed by atoms with Crippen molar-refractivity contribution in [3.8, 4) is 11.5 Å². The maximum Gasteiger partial charge on any atom is 0.129 e. The molecule has 1 fully saturated rings. The van der Waals surface area contributed by atoms with Crippen LogP contribution in [0.3, 0.4) is 0 Å². The first-order chi connectivity index (χ1) is 8.88. The Morgan fingerprint density at radius 1 is 1.16 bits per heavy atom. The van der Waals surface area contributed by atoms with Crippen LogP contribution >= 0.6 is 0 Å². The van der Waals surface area contributed by atoms with Crippen LogP contribution in [0.4, 0.5) is 5.69 Å². The summed E-state index contributed by atoms with van der Waals surface area (Å²) in [5.41, 5.74) is 7.85. The average Bonchev–Trinajstić information content (AvgIpc) is 2.24. The van der Waals surface area contributed by atoms with Crippen LogP contribution in [-0.4, -0.2) is 11.2 Å². The Kier molecular flexibility index (Phi) is 1.93. The number of benzene rings is 1. The second-order valence-corrected chi connectivity index (χ2v) is 7.14. The van der Waals surface area contributed by atoms with Crippen molar-refractivity contribution in [3.05, 3.63) is 17.7 Å². The fraction of sp³-hybridized carbons (Fsp3) is 0.625. The number of hydrogen-bond donors (Lipinski definition) is 1. The Morgan fingerprint density at radius 3 is 2.58 bits per heavy atom. The fourth-order valence-electron chi connectivity index (χ4n) is 4.38. The van der Waals surface area contributed by atoms with Gasteiger partial charge in [-0.1, -0.05) is 0 Å². The number of fused-ring (bicyclic) bond motifs is 1. The van der Waals surface area contributed by atoms with Crippen molar-refractivity contribution in [2.24, 2.45) is 5.92 Å². The third-order valence-electron chi connectivity index (χ3n) is 5.24. The number of hydrogen-bond acceptors (Lipinski definition) is 3. The average molecular weight is 259 g/mol. The van der Waals surface area contributed by atoms with Gasteiger partial charge in [0, 0.05) is 35.2 Å². The van der Waals surface area contributed by atoms with Crippen molar-refractivity contribution >= 4 is 5.69 Å². The SMILES string of the molecule is CC12CCC3C(C1)c1c(cc(N)cc1OC3(C)C)O2. The summed E-state index contributed by atoms with van der Waals surface area (Å²) in [5, 5.41) is 0. The number of anilines is 1. The Hall–Kier alpha value is -1.38. The molecule has 2 bridgehead atoms. The van der Waals surface area contributed by atoms with Gasteiger partial charge in [-0.3, -0.25) is 0 Å². The summed E-state index contributed by atoms with van der Waals surface area (Å²) in [4.78, 5) is 0. The molecule has 3 atom stereocenters. The van der Waals surface area contributed by atoms with Gasteiger partial charge in [-0.2, -0.15) is 0 Å². The van der Waals surface area contributed by atoms with Crippen molar-refractivity contribution in [2.75, 3.05) is 5.73 Å². The van der Waals surface area contributed by atoms with Gasteiger partial charge in [0.15, 0.2) is 0 Å². The molecule has 102 valence electrons. The lowest BCUT2D eigenvalue weighted by molar-refractivity contribution is -0.0725. The molecule has 0 saturated heterocycles. The fourth-order valence-corrected chi connectivity index (χ4v) is 4.38. The zero-order valence-corrected chi connectivity index (χ0v) is 11.8. The molecule has 3 aliphatic rings. The van der Waals surface area contributed by atoms with E-state index in [9.17, 15) is 0 Å². The first-order valence-corrected chi connectivity index (χ1v) is 7.19. The second-order valence-electron chi connectivity index (χ2n) is 7.14. The van der Waals surface area contributed by atoms with Crippen molar-refractivity contribution in [1.82, 2.24) is 0 Å². The molecule has 0 radical (unpaired) electrons. The lowest BCUT2D eigenvalue weighted by Crippen LogP contribution is -2.53. The monoisotopic (exact) mass is 259 g/mol. The normalized spacial score (nSPS) is 37.2. The van der Waals surface area contributed by atoms with Crippen molar-refractivity contribution in [2.45, 2.75) is 57.2 Å². The molecule has 4 rings (SSSR count). The number of nitrogens with two attached hydrogens (primary N) is 1. The molecule has 3 nitrogen and oxygen atoms in total. The van der Waals surface area contributed by atoms with Gasteiger partial charge < -0.3 is 15.2 Å². The molecule has 1 saturated carbocycles. The lowest BCUT2D eigenvalue weighted by atomic mass is 9.61. The zero-order valence-electron chi connectivity index (χ0n) is 11.8. The molecular formula is C16H21NO2. The summed E-state index contributed by atoms with van der Waals surface area (Å²) in [7, 11) is 0. The number of nitrogen functional groups attached to an aromatic ring is 1. The summed E-state index contributed by atoms with van der Waals surface area (Å²) in [6.45, 7) is 6.65. The molecule has 0 aromatic heterocycles. The van der Waals surface area contributed by atoms with Gasteiger partial charge in [-0.25, -0.2) is 0 Å². The maximum absolute atomic E-state index is 6.25. The van der Waals surface area contributed by atoms with Gasteiger partial charge >= 0.3 is 0 Å². The van der Waals surface area contributed by atoms with Crippen LogP contribution in [0.2, 0.25) is 0 Å². The number of ether oxygens (including phenoxy) is 2. The molecule has 2 aliphatic heterocycles. The van der Waals surface area contributed by atoms with E-state index in [0.717, 1.165) is 30.0 Å². The summed E-state index contributed by atoms with van der Waals surface area (Å²) in [6, 6.07) is 3.92. The molecule has 2 heterocycles. The van der Waals surface area contributed by atoms with Gasteiger partial charge in [0.1, 0.15) is 22.7 Å². The van der Waals surface area contributed by atoms with E-state index in [4.69, 9.17) is 15.2 Å². The molecule has 19 heavy (non-hydrogen) atoms. The van der Waals surface area contributed by atoms with Gasteiger partial charge in [-0.15, -0.1) is 0 Å². The van der Waals surface area contributed by atoms with E-state index in [1.54, 1.807) is 0 Å². The smallest absolute Gasteiger partial charge is 0.129 e. The highest BCUT2D eigenvalue weighted by Crippen LogP contribution is 2.60. The molecular weight excluding hydrogens is 238 g/mol. The highest BCUT2D eigenvalue weighted by molar-refractivity contribution is 5.60. The summed E-state index contributed by atoms with van der Waals surface area (Å²) < 4.78 is 12.5. The van der Waals surface area contributed by atoms with Gasteiger partial charge in [0.25, 0.3) is 0 Å². The largest absolute Gasteiger partial charge is 0.487 e. The zero-order chi connectivity index (χ0) is 13.4. The first-order valence-electron chi connectivity index (χ1n) is 7.19. The van der Waals surface area contributed by atoms with Crippen molar-refractivity contribution in [3.63, 3.8) is 0 Å². The van der Waals surface area contributed by atoms with E-state index in [-0.39, 0.29) is 11.2 Å². The van der Waals surface area contributed by atoms with Gasteiger partial charge in [-0.05, 0) is 40.0 Å². The molecule has 0 amide bonds. The van der Waals surface area contributed by atoms with E-state index in [1.165, 1.54) is 12.0 Å². The molecule has 1 aliphatic carbocycles. The van der Waals surface area contributed by atoms with E-state index in [1.807, 2.05) is 12.1 Å². The van der Waals surface area contributed by atoms with Crippen LogP contribution in [0.25, 0.3) is 0 Å². The standard InChI is InChI=1S/C16H21NO2/c1-15(2)11-4-5-16(3)8-10(11)14-12(18-15)6-9(17)7-13(14)19-16/h6-7,10-11H,4-5,8,17H2,1-3H3. The Labute approximate surface area is 114 Å². The quantitative estimate of drug-likeness (QED) is 0.725. The minimum absolute atomic E-state index is 0.0212. The Morgan fingerprint density at radius 2 is 1.84 bits per heavy atom. The third kappa shape index (κ3) is 1.44. The van der Waals surface area contributed by atoms with Gasteiger partial charge in [0.2, 0.25) is 0 Å². The van der Waals surface area contributed by atoms with E-state index in [2.05, 4.69) is 20.8 Å². The molecule has 2 N–H and O–H groups in total. The van der Waals surface area contributed by atoms with Crippen LogP contribution in [0, 0.1) is 5.92 Å². The predicted octanol–water partition coefficient (Wildman–Crippen LogP) is 3.47. The van der Waals surface area contributed by atoms with Crippen LogP contribution in [0.15, 0.2) is 12.1 Å². The Balaban J connectivity index is 1.97. The predicted molar refractivity (Wildman–Crippen MR) is 74.7 cm³/mol.